The van der Waals surface area contributed by atoms with Gasteiger partial charge in [-0.1, -0.05) is 59.1 Å². The number of phenolic OH excluding ortho intramolecular Hbond substituents is 1. The molecule has 54 heavy (non-hydrogen) atoms. The number of nitrogens with zero attached hydrogens (tertiary/aromatic N) is 3. The molecule has 10 nitrogen and oxygen atoms in total. The van der Waals surface area contributed by atoms with E-state index in [4.69, 9.17) is 27.9 Å². The van der Waals surface area contributed by atoms with Gasteiger partial charge in [-0.05, 0) is 71.7 Å². The fraction of sp³-hybridized carbons (Fsp3) is 0.289. The highest BCUT2D eigenvalue weighted by atomic mass is 35.5. The number of aromatic hydroxyl groups is 1. The van der Waals surface area contributed by atoms with Crippen molar-refractivity contribution in [2.45, 2.75) is 36.9 Å². The van der Waals surface area contributed by atoms with E-state index in [2.05, 4.69) is 10.4 Å². The molecule has 4 amide bonds. The third-order valence-corrected chi connectivity index (χ3v) is 12.5. The number of hydrogen-bond acceptors (Lipinski definition) is 9. The lowest BCUT2D eigenvalue weighted by Crippen LogP contribution is -2.53. The van der Waals surface area contributed by atoms with Crippen LogP contribution in [0.3, 0.4) is 0 Å². The third kappa shape index (κ3) is 5.48. The van der Waals surface area contributed by atoms with E-state index in [1.807, 2.05) is 23.6 Å². The number of carbonyl (C=O) groups excluding carboxylic acids is 4. The highest BCUT2D eigenvalue weighted by molar-refractivity contribution is 7.09. The van der Waals surface area contributed by atoms with Crippen molar-refractivity contribution in [3.05, 3.63) is 116 Å². The molecule has 0 bridgehead atoms. The Bertz CT molecular complexity index is 2250. The lowest BCUT2D eigenvalue weighted by atomic mass is 9.49. The molecule has 278 valence electrons. The predicted octanol–water partition coefficient (Wildman–Crippen LogP) is 7.37. The van der Waals surface area contributed by atoms with Crippen molar-refractivity contribution in [3.8, 4) is 11.5 Å². The summed E-state index contributed by atoms with van der Waals surface area (Å²) in [5.74, 6) is -6.98. The molecular formula is C38H29Cl2F3N4O6S. The average molecular weight is 798 g/mol. The number of rotatable bonds is 7. The number of ether oxygens (including phenoxy) is 1. The minimum atomic E-state index is -4.75. The largest absolute Gasteiger partial charge is 0.504 e. The van der Waals surface area contributed by atoms with E-state index in [0.717, 1.165) is 9.89 Å². The summed E-state index contributed by atoms with van der Waals surface area (Å²) in [5.41, 5.74) is 1.29. The maximum atomic E-state index is 15.3. The summed E-state index contributed by atoms with van der Waals surface area (Å²) in [6.07, 6.45) is -2.16. The number of halogens is 5. The number of hydrazine groups is 1. The molecule has 4 heterocycles. The zero-order valence-electron chi connectivity index (χ0n) is 28.1. The third-order valence-electron chi connectivity index (χ3n) is 11.1. The van der Waals surface area contributed by atoms with Crippen LogP contribution in [-0.4, -0.2) is 50.7 Å². The number of fused-ring (bicyclic) bond motifs is 4. The van der Waals surface area contributed by atoms with Gasteiger partial charge in [-0.2, -0.15) is 18.2 Å². The summed E-state index contributed by atoms with van der Waals surface area (Å²) in [6, 6.07) is 15.3. The molecule has 16 heteroatoms. The number of aromatic nitrogens is 1. The average Bonchev–Trinajstić information content (AvgIpc) is 3.81. The van der Waals surface area contributed by atoms with Crippen LogP contribution in [0.1, 0.15) is 40.3 Å². The summed E-state index contributed by atoms with van der Waals surface area (Å²) < 4.78 is 45.9. The Kier molecular flexibility index (Phi) is 8.77. The summed E-state index contributed by atoms with van der Waals surface area (Å²) >= 11 is 14.0. The number of alkyl halides is 3. The summed E-state index contributed by atoms with van der Waals surface area (Å²) in [4.78, 5) is 64.2. The second-order valence-electron chi connectivity index (χ2n) is 13.7. The van der Waals surface area contributed by atoms with Crippen LogP contribution in [-0.2, 0) is 37.3 Å². The minimum absolute atomic E-state index is 0.0237. The van der Waals surface area contributed by atoms with Gasteiger partial charge < -0.3 is 9.84 Å². The quantitative estimate of drug-likeness (QED) is 0.147. The van der Waals surface area contributed by atoms with Gasteiger partial charge in [0.2, 0.25) is 11.8 Å². The van der Waals surface area contributed by atoms with Gasteiger partial charge in [0.05, 0.1) is 47.4 Å². The second-order valence-corrected chi connectivity index (χ2v) is 15.6. The number of likely N-dealkylation sites (tertiary alicyclic amines) is 1. The van der Waals surface area contributed by atoms with Crippen LogP contribution in [0.5, 0.6) is 11.5 Å². The van der Waals surface area contributed by atoms with Crippen LogP contribution in [0, 0.1) is 23.7 Å². The number of benzene rings is 2. The first-order valence-corrected chi connectivity index (χ1v) is 18.5. The first-order valence-electron chi connectivity index (χ1n) is 16.8. The van der Waals surface area contributed by atoms with Gasteiger partial charge in [-0.15, -0.1) is 11.3 Å². The number of nitrogens with one attached hydrogen (secondary N) is 1. The van der Waals surface area contributed by atoms with E-state index in [0.29, 0.717) is 34.0 Å². The van der Waals surface area contributed by atoms with E-state index < -0.39 is 63.6 Å². The zero-order valence-corrected chi connectivity index (χ0v) is 30.5. The lowest BCUT2D eigenvalue weighted by Gasteiger charge is -2.50. The van der Waals surface area contributed by atoms with Crippen molar-refractivity contribution in [3.63, 3.8) is 0 Å². The number of anilines is 1. The lowest BCUT2D eigenvalue weighted by molar-refractivity contribution is -0.142. The molecule has 1 saturated carbocycles. The van der Waals surface area contributed by atoms with Gasteiger partial charge in [0.1, 0.15) is 0 Å². The topological polar surface area (TPSA) is 129 Å². The summed E-state index contributed by atoms with van der Waals surface area (Å²) in [7, 11) is 1.37. The van der Waals surface area contributed by atoms with Crippen molar-refractivity contribution >= 4 is 64.0 Å². The minimum Gasteiger partial charge on any atom is -0.504 e. The van der Waals surface area contributed by atoms with Crippen molar-refractivity contribution in [1.29, 1.82) is 0 Å². The fourth-order valence-corrected chi connectivity index (χ4v) is 9.84. The number of allylic oxidation sites excluding steroid dienone is 2. The van der Waals surface area contributed by atoms with Crippen LogP contribution in [0.15, 0.2) is 83.9 Å². The number of thiophene rings is 1. The molecule has 2 aromatic heterocycles. The van der Waals surface area contributed by atoms with Crippen LogP contribution < -0.4 is 10.2 Å². The summed E-state index contributed by atoms with van der Waals surface area (Å²) in [5, 5.41) is 13.1. The van der Waals surface area contributed by atoms with E-state index >= 15 is 4.79 Å². The Morgan fingerprint density at radius 1 is 1.02 bits per heavy atom. The van der Waals surface area contributed by atoms with Crippen LogP contribution >= 0.6 is 34.5 Å². The van der Waals surface area contributed by atoms with E-state index in [9.17, 15) is 32.7 Å². The maximum absolute atomic E-state index is 15.3. The number of hydrogen-bond donors (Lipinski definition) is 2. The Hall–Kier alpha value is -4.92. The molecule has 0 radical (unpaired) electrons. The van der Waals surface area contributed by atoms with Crippen LogP contribution in [0.4, 0.5) is 19.0 Å². The first kappa shape index (κ1) is 36.1. The smallest absolute Gasteiger partial charge is 0.417 e. The highest BCUT2D eigenvalue weighted by Crippen LogP contribution is 2.64. The van der Waals surface area contributed by atoms with Crippen molar-refractivity contribution in [2.75, 3.05) is 12.5 Å². The molecule has 0 unspecified atom stereocenters. The number of amides is 4. The van der Waals surface area contributed by atoms with Gasteiger partial charge in [0.15, 0.2) is 17.3 Å². The Balaban J connectivity index is 1.30. The fourth-order valence-electron chi connectivity index (χ4n) is 8.81. The zero-order chi connectivity index (χ0) is 38.3. The molecule has 2 saturated heterocycles. The SMILES string of the molecule is COc1cc([C@H]2C3=CC[C@@H]4C(=O)N(Cc5cccs5)C(=O)[C@@H]4[C@@H]3C[C@H]3C(=O)N(Nc4ncc(C(F)(F)F)cc4Cl)C(=O)[C@@]23c2ccc(Cl)cc2)ccc1O. The van der Waals surface area contributed by atoms with Crippen molar-refractivity contribution < 1.29 is 42.2 Å². The van der Waals surface area contributed by atoms with E-state index in [1.54, 1.807) is 36.4 Å². The predicted molar refractivity (Wildman–Crippen MR) is 191 cm³/mol. The van der Waals surface area contributed by atoms with Gasteiger partial charge in [-0.25, -0.2) is 4.98 Å². The molecule has 2 aliphatic carbocycles. The highest BCUT2D eigenvalue weighted by Gasteiger charge is 2.70. The number of imide groups is 2. The first-order chi connectivity index (χ1) is 25.7. The van der Waals surface area contributed by atoms with Crippen molar-refractivity contribution in [1.82, 2.24) is 14.9 Å². The van der Waals surface area contributed by atoms with Crippen LogP contribution in [0.25, 0.3) is 0 Å². The normalized spacial score (nSPS) is 26.4. The number of phenols is 1. The van der Waals surface area contributed by atoms with Crippen LogP contribution in [0.2, 0.25) is 10.0 Å². The molecule has 2 N–H and O–H groups in total. The standard InChI is InChI=1S/C38H29Cl2F3N4O6S/c1-53-29-13-18(4-11-28(29)48)31-23-9-10-24-30(35(51)46(33(24)49)17-22-3-2-12-54-22)25(23)15-26-34(50)47(36(52)37(26,31)19-5-7-21(39)8-6-19)45-32-27(40)14-20(16-44-32)38(41,42)43/h2-9,11-14,16,24-26,30-31,48H,10,15,17H2,1H3,(H,44,45)/t24-,25+,26-,30-,31-,37+/m0/s1. The number of carbonyl (C=O) groups is 4. The molecular weight excluding hydrogens is 768 g/mol. The molecule has 4 aliphatic rings. The van der Waals surface area contributed by atoms with E-state index in [-0.39, 0.29) is 48.5 Å². The number of pyridine rings is 1. The van der Waals surface area contributed by atoms with E-state index in [1.165, 1.54) is 29.4 Å². The van der Waals surface area contributed by atoms with Crippen molar-refractivity contribution in [2.24, 2.45) is 23.7 Å². The van der Waals surface area contributed by atoms with Gasteiger partial charge >= 0.3 is 6.18 Å². The molecule has 2 aromatic carbocycles. The molecule has 3 fully saturated rings. The summed E-state index contributed by atoms with van der Waals surface area (Å²) in [6.45, 7) is 0.108. The van der Waals surface area contributed by atoms with Gasteiger partial charge in [0, 0.05) is 22.0 Å². The van der Waals surface area contributed by atoms with Gasteiger partial charge in [-0.3, -0.25) is 29.5 Å². The Morgan fingerprint density at radius 2 is 1.78 bits per heavy atom. The maximum Gasteiger partial charge on any atom is 0.417 e. The number of methoxy groups -OCH3 is 1. The van der Waals surface area contributed by atoms with Gasteiger partial charge in [0.25, 0.3) is 11.8 Å². The molecule has 6 atom stereocenters. The Morgan fingerprint density at radius 3 is 2.44 bits per heavy atom. The molecule has 8 rings (SSSR count). The molecule has 2 aliphatic heterocycles. The second kappa shape index (κ2) is 13.1. The molecule has 0 spiro atoms. The molecule has 4 aromatic rings. The Labute approximate surface area is 320 Å². The monoisotopic (exact) mass is 796 g/mol.